The number of aryl methyl sites for hydroxylation is 1. The fourth-order valence-electron chi connectivity index (χ4n) is 2.22. The van der Waals surface area contributed by atoms with Gasteiger partial charge in [-0.15, -0.1) is 0 Å². The largest absolute Gasteiger partial charge is 0.467 e. The molecule has 1 amide bonds. The first-order valence-electron chi connectivity index (χ1n) is 7.30. The number of carbonyl (C=O) groups excluding carboxylic acids is 2. The first kappa shape index (κ1) is 16.0. The number of imidazole rings is 1. The molecule has 2 rings (SSSR count). The van der Waals surface area contributed by atoms with Crippen molar-refractivity contribution < 1.29 is 14.3 Å². The number of carbonyl (C=O) groups is 2. The third-order valence-corrected chi connectivity index (χ3v) is 3.79. The monoisotopic (exact) mass is 303 g/mol. The molecule has 6 heteroatoms. The molecule has 2 aromatic rings. The van der Waals surface area contributed by atoms with Crippen LogP contribution in [-0.4, -0.2) is 34.4 Å². The summed E-state index contributed by atoms with van der Waals surface area (Å²) in [6, 6.07) is 3.10. The number of rotatable bonds is 5. The van der Waals surface area contributed by atoms with Crippen molar-refractivity contribution in [3.8, 4) is 0 Å². The summed E-state index contributed by atoms with van der Waals surface area (Å²) in [5, 5.41) is 2.72. The van der Waals surface area contributed by atoms with Gasteiger partial charge in [-0.25, -0.2) is 9.78 Å². The van der Waals surface area contributed by atoms with E-state index in [1.165, 1.54) is 7.11 Å². The molecular weight excluding hydrogens is 282 g/mol. The minimum atomic E-state index is -0.672. The lowest BCUT2D eigenvalue weighted by atomic mass is 9.99. The zero-order valence-electron chi connectivity index (χ0n) is 13.3. The number of nitrogens with zero attached hydrogens (tertiary/aromatic N) is 2. The molecule has 0 aliphatic carbocycles. The molecule has 0 saturated carbocycles. The summed E-state index contributed by atoms with van der Waals surface area (Å²) in [4.78, 5) is 28.5. The van der Waals surface area contributed by atoms with Gasteiger partial charge >= 0.3 is 5.97 Å². The molecule has 0 bridgehead atoms. The van der Waals surface area contributed by atoms with Gasteiger partial charge in [-0.3, -0.25) is 4.79 Å². The maximum absolute atomic E-state index is 12.4. The second-order valence-electron chi connectivity index (χ2n) is 5.46. The number of aromatic nitrogens is 2. The summed E-state index contributed by atoms with van der Waals surface area (Å²) in [6.45, 7) is 5.82. The summed E-state index contributed by atoms with van der Waals surface area (Å²) in [5.41, 5.74) is 2.04. The standard InChI is InChI=1S/C16H21N3O3/c1-5-11(3)14(16(21)22-4)18-15(20)12-9-19-8-10(2)6-7-13(19)17-12/h6-9,11,14H,5H2,1-4H3,(H,18,20)/t11-,14+/m0/s1. The minimum Gasteiger partial charge on any atom is -0.467 e. The molecular formula is C16H21N3O3. The number of esters is 1. The van der Waals surface area contributed by atoms with Gasteiger partial charge in [0.05, 0.1) is 7.11 Å². The highest BCUT2D eigenvalue weighted by Crippen LogP contribution is 2.12. The third-order valence-electron chi connectivity index (χ3n) is 3.79. The van der Waals surface area contributed by atoms with Crippen LogP contribution in [0.25, 0.3) is 5.65 Å². The number of methoxy groups -OCH3 is 1. The zero-order chi connectivity index (χ0) is 16.3. The first-order chi connectivity index (χ1) is 10.5. The number of hydrogen-bond acceptors (Lipinski definition) is 4. The van der Waals surface area contributed by atoms with E-state index >= 15 is 0 Å². The van der Waals surface area contributed by atoms with Crippen LogP contribution in [0.1, 0.15) is 36.3 Å². The van der Waals surface area contributed by atoms with Crippen LogP contribution in [0.15, 0.2) is 24.5 Å². The number of hydrogen-bond donors (Lipinski definition) is 1. The maximum atomic E-state index is 12.4. The van der Waals surface area contributed by atoms with Crippen LogP contribution < -0.4 is 5.32 Å². The van der Waals surface area contributed by atoms with Crippen molar-refractivity contribution in [2.75, 3.05) is 7.11 Å². The second-order valence-corrected chi connectivity index (χ2v) is 5.46. The van der Waals surface area contributed by atoms with Gasteiger partial charge in [0.15, 0.2) is 0 Å². The number of ether oxygens (including phenoxy) is 1. The number of amides is 1. The van der Waals surface area contributed by atoms with E-state index in [-0.39, 0.29) is 17.5 Å². The molecule has 0 aromatic carbocycles. The van der Waals surface area contributed by atoms with Gasteiger partial charge < -0.3 is 14.5 Å². The van der Waals surface area contributed by atoms with Gasteiger partial charge in [-0.1, -0.05) is 26.3 Å². The van der Waals surface area contributed by atoms with E-state index in [0.717, 1.165) is 12.0 Å². The molecule has 1 N–H and O–H groups in total. The van der Waals surface area contributed by atoms with E-state index in [1.54, 1.807) is 10.6 Å². The summed E-state index contributed by atoms with van der Waals surface area (Å²) in [7, 11) is 1.32. The maximum Gasteiger partial charge on any atom is 0.328 e. The molecule has 0 unspecified atom stereocenters. The van der Waals surface area contributed by atoms with Crippen molar-refractivity contribution >= 4 is 17.5 Å². The average Bonchev–Trinajstić information content (AvgIpc) is 2.93. The Kier molecular flexibility index (Phi) is 4.80. The number of nitrogens with one attached hydrogen (secondary N) is 1. The van der Waals surface area contributed by atoms with E-state index in [1.807, 2.05) is 39.1 Å². The van der Waals surface area contributed by atoms with Crippen LogP contribution in [0.2, 0.25) is 0 Å². The Morgan fingerprint density at radius 3 is 2.73 bits per heavy atom. The number of fused-ring (bicyclic) bond motifs is 1. The summed E-state index contributed by atoms with van der Waals surface area (Å²) >= 11 is 0. The average molecular weight is 303 g/mol. The van der Waals surface area contributed by atoms with Crippen LogP contribution in [0.4, 0.5) is 0 Å². The Hall–Kier alpha value is -2.37. The molecule has 6 nitrogen and oxygen atoms in total. The van der Waals surface area contributed by atoms with Crippen molar-refractivity contribution in [2.24, 2.45) is 5.92 Å². The molecule has 0 aliphatic heterocycles. The van der Waals surface area contributed by atoms with Gasteiger partial charge in [0, 0.05) is 12.4 Å². The van der Waals surface area contributed by atoms with Crippen LogP contribution in [0.5, 0.6) is 0 Å². The Bertz CT molecular complexity index is 693. The SMILES string of the molecule is CC[C@H](C)[C@@H](NC(=O)c1cn2cc(C)ccc2n1)C(=O)OC. The fraction of sp³-hybridized carbons (Fsp3) is 0.438. The lowest BCUT2D eigenvalue weighted by Crippen LogP contribution is -2.45. The Labute approximate surface area is 129 Å². The van der Waals surface area contributed by atoms with E-state index < -0.39 is 12.0 Å². The Balaban J connectivity index is 2.22. The lowest BCUT2D eigenvalue weighted by Gasteiger charge is -2.21. The van der Waals surface area contributed by atoms with Gasteiger partial charge in [-0.05, 0) is 24.5 Å². The first-order valence-corrected chi connectivity index (χ1v) is 7.30. The van der Waals surface area contributed by atoms with Crippen molar-refractivity contribution in [1.82, 2.24) is 14.7 Å². The van der Waals surface area contributed by atoms with Crippen LogP contribution in [-0.2, 0) is 9.53 Å². The van der Waals surface area contributed by atoms with Crippen LogP contribution in [0.3, 0.4) is 0 Å². The molecule has 2 aromatic heterocycles. The molecule has 0 saturated heterocycles. The molecule has 0 aliphatic rings. The van der Waals surface area contributed by atoms with Gasteiger partial charge in [0.2, 0.25) is 0 Å². The molecule has 0 radical (unpaired) electrons. The van der Waals surface area contributed by atoms with Gasteiger partial charge in [0.1, 0.15) is 17.4 Å². The normalized spacial score (nSPS) is 13.6. The predicted molar refractivity (Wildman–Crippen MR) is 82.7 cm³/mol. The molecule has 2 atom stereocenters. The van der Waals surface area contributed by atoms with E-state index in [2.05, 4.69) is 10.3 Å². The third kappa shape index (κ3) is 3.27. The topological polar surface area (TPSA) is 72.7 Å². The van der Waals surface area contributed by atoms with Gasteiger partial charge in [0.25, 0.3) is 5.91 Å². The molecule has 22 heavy (non-hydrogen) atoms. The molecule has 0 fully saturated rings. The van der Waals surface area contributed by atoms with Crippen molar-refractivity contribution in [1.29, 1.82) is 0 Å². The van der Waals surface area contributed by atoms with Crippen molar-refractivity contribution in [2.45, 2.75) is 33.2 Å². The van der Waals surface area contributed by atoms with Crippen LogP contribution in [0, 0.1) is 12.8 Å². The molecule has 2 heterocycles. The van der Waals surface area contributed by atoms with E-state index in [9.17, 15) is 9.59 Å². The zero-order valence-corrected chi connectivity index (χ0v) is 13.3. The smallest absolute Gasteiger partial charge is 0.328 e. The minimum absolute atomic E-state index is 0.0179. The van der Waals surface area contributed by atoms with Crippen molar-refractivity contribution in [3.05, 3.63) is 35.8 Å². The van der Waals surface area contributed by atoms with Crippen LogP contribution >= 0.6 is 0 Å². The molecule has 0 spiro atoms. The predicted octanol–water partition coefficient (Wildman–Crippen LogP) is 1.96. The van der Waals surface area contributed by atoms with E-state index in [4.69, 9.17) is 4.74 Å². The summed E-state index contributed by atoms with van der Waals surface area (Å²) in [6.07, 6.45) is 4.30. The highest BCUT2D eigenvalue weighted by Gasteiger charge is 2.27. The molecule has 118 valence electrons. The lowest BCUT2D eigenvalue weighted by molar-refractivity contribution is -0.144. The summed E-state index contributed by atoms with van der Waals surface area (Å²) < 4.78 is 6.56. The Morgan fingerprint density at radius 2 is 2.09 bits per heavy atom. The van der Waals surface area contributed by atoms with Gasteiger partial charge in [-0.2, -0.15) is 0 Å². The second kappa shape index (κ2) is 6.60. The fourth-order valence-corrected chi connectivity index (χ4v) is 2.22. The highest BCUT2D eigenvalue weighted by molar-refractivity contribution is 5.95. The van der Waals surface area contributed by atoms with E-state index in [0.29, 0.717) is 5.65 Å². The number of pyridine rings is 1. The Morgan fingerprint density at radius 1 is 1.36 bits per heavy atom. The quantitative estimate of drug-likeness (QED) is 0.857. The summed E-state index contributed by atoms with van der Waals surface area (Å²) in [5.74, 6) is -0.838. The highest BCUT2D eigenvalue weighted by atomic mass is 16.5. The van der Waals surface area contributed by atoms with Crippen molar-refractivity contribution in [3.63, 3.8) is 0 Å².